The fourth-order valence-corrected chi connectivity index (χ4v) is 6.96. The molecule has 0 radical (unpaired) electrons. The van der Waals surface area contributed by atoms with Gasteiger partial charge < -0.3 is 16.0 Å². The van der Waals surface area contributed by atoms with Gasteiger partial charge in [0.1, 0.15) is 5.82 Å². The molecule has 1 aliphatic heterocycles. The number of carbonyl (C=O) groups is 1. The largest absolute Gasteiger partial charge is 0.352 e. The van der Waals surface area contributed by atoms with E-state index < -0.39 is 29.1 Å². The molecule has 254 valence electrons. The zero-order valence-electron chi connectivity index (χ0n) is 28.1. The number of fused-ring (bicyclic) bond motifs is 1. The molecule has 1 aliphatic carbocycles. The Morgan fingerprint density at radius 3 is 2.46 bits per heavy atom. The molecule has 3 N–H and O–H groups in total. The summed E-state index contributed by atoms with van der Waals surface area (Å²) in [5, 5.41) is 3.07. The first-order chi connectivity index (χ1) is 23.1. The molecule has 2 aromatic heterocycles. The zero-order valence-corrected chi connectivity index (χ0v) is 28.1. The lowest BCUT2D eigenvalue weighted by Crippen LogP contribution is -2.49. The summed E-state index contributed by atoms with van der Waals surface area (Å²) >= 11 is 0. The van der Waals surface area contributed by atoms with Crippen LogP contribution in [0.5, 0.6) is 0 Å². The molecule has 2 fully saturated rings. The molecule has 48 heavy (non-hydrogen) atoms. The van der Waals surface area contributed by atoms with Gasteiger partial charge in [0, 0.05) is 31.7 Å². The van der Waals surface area contributed by atoms with E-state index in [-0.39, 0.29) is 28.9 Å². The van der Waals surface area contributed by atoms with E-state index in [2.05, 4.69) is 51.4 Å². The van der Waals surface area contributed by atoms with Gasteiger partial charge in [0.25, 0.3) is 5.56 Å². The quantitative estimate of drug-likeness (QED) is 0.294. The number of hydrogen-bond donors (Lipinski definition) is 2. The van der Waals surface area contributed by atoms with Gasteiger partial charge in [0.05, 0.1) is 23.3 Å². The van der Waals surface area contributed by atoms with Gasteiger partial charge in [-0.2, -0.15) is 0 Å². The van der Waals surface area contributed by atoms with Gasteiger partial charge in [-0.15, -0.1) is 0 Å². The zero-order chi connectivity index (χ0) is 33.9. The van der Waals surface area contributed by atoms with Gasteiger partial charge in [-0.3, -0.25) is 19.1 Å². The van der Waals surface area contributed by atoms with Crippen LogP contribution in [0.15, 0.2) is 70.4 Å². The summed E-state index contributed by atoms with van der Waals surface area (Å²) in [6.45, 7) is 9.04. The van der Waals surface area contributed by atoms with Crippen molar-refractivity contribution >= 4 is 16.9 Å². The van der Waals surface area contributed by atoms with E-state index in [4.69, 9.17) is 5.73 Å². The summed E-state index contributed by atoms with van der Waals surface area (Å²) in [4.78, 5) is 49.6. The van der Waals surface area contributed by atoms with Gasteiger partial charge in [0.15, 0.2) is 5.65 Å². The Labute approximate surface area is 280 Å². The van der Waals surface area contributed by atoms with E-state index >= 15 is 0 Å². The van der Waals surface area contributed by atoms with E-state index in [0.29, 0.717) is 31.4 Å². The van der Waals surface area contributed by atoms with Crippen molar-refractivity contribution < 1.29 is 9.18 Å². The normalized spacial score (nSPS) is 20.1. The number of rotatable bonds is 8. The highest BCUT2D eigenvalue weighted by molar-refractivity contribution is 5.82. The van der Waals surface area contributed by atoms with Crippen molar-refractivity contribution in [2.24, 2.45) is 11.7 Å². The Morgan fingerprint density at radius 2 is 1.73 bits per heavy atom. The first-order valence-corrected chi connectivity index (χ1v) is 17.1. The topological polar surface area (TPSA) is 118 Å². The fraction of sp³-hybridized carbons (Fsp3) is 0.459. The molecule has 0 unspecified atom stereocenters. The molecule has 3 heterocycles. The van der Waals surface area contributed by atoms with Gasteiger partial charge in [0.2, 0.25) is 5.91 Å². The molecule has 0 spiro atoms. The maximum atomic E-state index is 14.5. The number of nitrogens with two attached hydrogens (primary N) is 1. The Hall–Kier alpha value is -4.19. The third-order valence-electron chi connectivity index (χ3n) is 9.93. The van der Waals surface area contributed by atoms with Crippen LogP contribution in [-0.2, 0) is 11.3 Å². The molecule has 4 aromatic rings. The average Bonchev–Trinajstić information content (AvgIpc) is 3.29. The molecule has 1 saturated carbocycles. The number of carbonyl (C=O) groups excluding carboxylic acids is 1. The van der Waals surface area contributed by atoms with Crippen LogP contribution >= 0.6 is 0 Å². The highest BCUT2D eigenvalue weighted by Crippen LogP contribution is 2.28. The van der Waals surface area contributed by atoms with Crippen LogP contribution < -0.4 is 22.3 Å². The maximum Gasteiger partial charge on any atom is 0.337 e. The lowest BCUT2D eigenvalue weighted by Gasteiger charge is -2.31. The van der Waals surface area contributed by atoms with Crippen LogP contribution in [0.1, 0.15) is 57.6 Å². The second kappa shape index (κ2) is 14.5. The van der Waals surface area contributed by atoms with Crippen molar-refractivity contribution in [2.45, 2.75) is 70.6 Å². The SMILES string of the molecule is CC(C)[C@@H](N)C(=O)N[C@H]1CC[C@@H](n2c(=O)c3cc(F)cnc3n(-c3cccc(-c4ccc(CN5CCCN(C)CC5)cc4)c3)c2=O)CC1. The summed E-state index contributed by atoms with van der Waals surface area (Å²) in [5.74, 6) is -0.829. The second-order valence-corrected chi connectivity index (χ2v) is 13.8. The minimum absolute atomic E-state index is 0.0136. The molecule has 6 rings (SSSR count). The fourth-order valence-electron chi connectivity index (χ4n) is 6.96. The average molecular weight is 656 g/mol. The number of amides is 1. The number of aromatic nitrogens is 3. The van der Waals surface area contributed by atoms with Gasteiger partial charge >= 0.3 is 5.69 Å². The van der Waals surface area contributed by atoms with Crippen molar-refractivity contribution in [2.75, 3.05) is 33.2 Å². The molecule has 1 saturated heterocycles. The number of benzene rings is 2. The highest BCUT2D eigenvalue weighted by atomic mass is 19.1. The third kappa shape index (κ3) is 7.28. The minimum Gasteiger partial charge on any atom is -0.352 e. The Morgan fingerprint density at radius 1 is 0.979 bits per heavy atom. The smallest absolute Gasteiger partial charge is 0.337 e. The summed E-state index contributed by atoms with van der Waals surface area (Å²) in [6.07, 6.45) is 4.39. The third-order valence-corrected chi connectivity index (χ3v) is 9.93. The number of likely N-dealkylation sites (N-methyl/N-ethyl adjacent to an activating group) is 1. The van der Waals surface area contributed by atoms with Crippen LogP contribution in [0, 0.1) is 11.7 Å². The molecule has 0 bridgehead atoms. The number of nitrogens with zero attached hydrogens (tertiary/aromatic N) is 5. The first kappa shape index (κ1) is 33.7. The monoisotopic (exact) mass is 655 g/mol. The lowest BCUT2D eigenvalue weighted by atomic mass is 9.90. The molecular weight excluding hydrogens is 609 g/mol. The number of pyridine rings is 1. The summed E-state index contributed by atoms with van der Waals surface area (Å²) in [6, 6.07) is 16.1. The van der Waals surface area contributed by atoms with E-state index in [1.54, 1.807) is 6.07 Å². The van der Waals surface area contributed by atoms with E-state index in [9.17, 15) is 18.8 Å². The first-order valence-electron chi connectivity index (χ1n) is 17.1. The van der Waals surface area contributed by atoms with Crippen molar-refractivity contribution in [3.8, 4) is 16.8 Å². The van der Waals surface area contributed by atoms with Crippen molar-refractivity contribution in [1.29, 1.82) is 0 Å². The second-order valence-electron chi connectivity index (χ2n) is 13.8. The highest BCUT2D eigenvalue weighted by Gasteiger charge is 2.29. The molecule has 1 amide bonds. The molecule has 2 aromatic carbocycles. The molecule has 2 aliphatic rings. The Bertz CT molecular complexity index is 1880. The van der Waals surface area contributed by atoms with Gasteiger partial charge in [-0.1, -0.05) is 50.2 Å². The van der Waals surface area contributed by atoms with Gasteiger partial charge in [-0.25, -0.2) is 18.7 Å². The van der Waals surface area contributed by atoms with Crippen LogP contribution in [0.25, 0.3) is 27.8 Å². The number of hydrogen-bond acceptors (Lipinski definition) is 7. The van der Waals surface area contributed by atoms with E-state index in [1.807, 2.05) is 32.0 Å². The van der Waals surface area contributed by atoms with Crippen LogP contribution in [-0.4, -0.2) is 75.1 Å². The summed E-state index contributed by atoms with van der Waals surface area (Å²) in [7, 11) is 2.17. The van der Waals surface area contributed by atoms with E-state index in [1.165, 1.54) is 14.7 Å². The number of nitrogens with one attached hydrogen (secondary N) is 1. The lowest BCUT2D eigenvalue weighted by molar-refractivity contribution is -0.124. The summed E-state index contributed by atoms with van der Waals surface area (Å²) < 4.78 is 17.1. The predicted octanol–water partition coefficient (Wildman–Crippen LogP) is 4.07. The van der Waals surface area contributed by atoms with Crippen LogP contribution in [0.4, 0.5) is 4.39 Å². The molecule has 11 heteroatoms. The Balaban J connectivity index is 1.28. The predicted molar refractivity (Wildman–Crippen MR) is 187 cm³/mol. The Kier molecular flexibility index (Phi) is 10.2. The molecule has 10 nitrogen and oxygen atoms in total. The molecular formula is C37H46FN7O3. The van der Waals surface area contributed by atoms with Crippen molar-refractivity contribution in [3.05, 3.63) is 93.0 Å². The minimum atomic E-state index is -0.648. The van der Waals surface area contributed by atoms with Crippen molar-refractivity contribution in [3.63, 3.8) is 0 Å². The summed E-state index contributed by atoms with van der Waals surface area (Å²) in [5.41, 5.74) is 8.76. The standard InChI is InChI=1S/C37H46FN7O3/c1-24(2)33(39)35(46)41-29-12-14-30(15-13-29)45-36(47)32-21-28(38)22-40-34(32)44(37(45)48)31-7-4-6-27(20-31)26-10-8-25(9-11-26)23-43-17-5-16-42(3)18-19-43/h4,6-11,20-22,24,29-30,33H,5,12-19,23,39H2,1-3H3,(H,41,46)/t29-,30+,33-/m1/s1. The van der Waals surface area contributed by atoms with Crippen LogP contribution in [0.2, 0.25) is 0 Å². The van der Waals surface area contributed by atoms with E-state index in [0.717, 1.165) is 62.5 Å². The van der Waals surface area contributed by atoms with Gasteiger partial charge in [-0.05, 0) is 93.0 Å². The maximum absolute atomic E-state index is 14.5. The van der Waals surface area contributed by atoms with Crippen LogP contribution in [0.3, 0.4) is 0 Å². The number of halogens is 1. The van der Waals surface area contributed by atoms with Crippen molar-refractivity contribution in [1.82, 2.24) is 29.2 Å². The molecule has 1 atom stereocenters.